The van der Waals surface area contributed by atoms with E-state index >= 15 is 0 Å². The van der Waals surface area contributed by atoms with Crippen LogP contribution >= 0.6 is 0 Å². The first-order valence-electron chi connectivity index (χ1n) is 5.89. The van der Waals surface area contributed by atoms with E-state index in [1.165, 1.54) is 0 Å². The third-order valence-corrected chi connectivity index (χ3v) is 3.55. The number of nitrogens with zero attached hydrogens (tertiary/aromatic N) is 2. The third kappa shape index (κ3) is 1.35. The average Bonchev–Trinajstić information content (AvgIpc) is 2.81. The standard InChI is InChI=1S/C13H16N2O/c1-9-14-10-5-2-3-6-11(10)15(9)12-7-4-8-13(12)16/h2-3,5-6,12-13,16H,4,7-8H2,1H3. The zero-order valence-electron chi connectivity index (χ0n) is 9.43. The molecule has 0 saturated heterocycles. The summed E-state index contributed by atoms with van der Waals surface area (Å²) in [4.78, 5) is 4.54. The Morgan fingerprint density at radius 1 is 1.31 bits per heavy atom. The van der Waals surface area contributed by atoms with Crippen molar-refractivity contribution in [2.45, 2.75) is 38.3 Å². The quantitative estimate of drug-likeness (QED) is 0.795. The molecule has 0 radical (unpaired) electrons. The Labute approximate surface area is 94.7 Å². The molecule has 1 aromatic carbocycles. The van der Waals surface area contributed by atoms with Gasteiger partial charge in [0.1, 0.15) is 5.82 Å². The van der Waals surface area contributed by atoms with Gasteiger partial charge in [-0.2, -0.15) is 0 Å². The summed E-state index contributed by atoms with van der Waals surface area (Å²) in [6, 6.07) is 8.36. The second kappa shape index (κ2) is 3.59. The Balaban J connectivity index is 2.18. The summed E-state index contributed by atoms with van der Waals surface area (Å²) in [6.07, 6.45) is 2.87. The van der Waals surface area contributed by atoms with Crippen molar-refractivity contribution in [1.29, 1.82) is 0 Å². The van der Waals surface area contributed by atoms with Crippen LogP contribution in [0.1, 0.15) is 31.1 Å². The van der Waals surface area contributed by atoms with E-state index in [-0.39, 0.29) is 12.1 Å². The Bertz CT molecular complexity index is 518. The fourth-order valence-corrected chi connectivity index (χ4v) is 2.81. The van der Waals surface area contributed by atoms with Gasteiger partial charge < -0.3 is 9.67 Å². The Morgan fingerprint density at radius 3 is 2.88 bits per heavy atom. The molecule has 1 N–H and O–H groups in total. The molecule has 1 aromatic heterocycles. The lowest BCUT2D eigenvalue weighted by atomic mass is 10.2. The molecule has 1 heterocycles. The maximum atomic E-state index is 10.00. The van der Waals surface area contributed by atoms with Crippen LogP contribution in [0.2, 0.25) is 0 Å². The summed E-state index contributed by atoms with van der Waals surface area (Å²) in [5.74, 6) is 1.01. The molecule has 84 valence electrons. The number of aromatic nitrogens is 2. The molecule has 0 aliphatic heterocycles. The van der Waals surface area contributed by atoms with Crippen LogP contribution in [-0.4, -0.2) is 20.8 Å². The van der Waals surface area contributed by atoms with Crippen molar-refractivity contribution in [3.63, 3.8) is 0 Å². The fraction of sp³-hybridized carbons (Fsp3) is 0.462. The largest absolute Gasteiger partial charge is 0.391 e. The van der Waals surface area contributed by atoms with Crippen LogP contribution in [0.4, 0.5) is 0 Å². The van der Waals surface area contributed by atoms with E-state index in [4.69, 9.17) is 0 Å². The first kappa shape index (κ1) is 9.85. The zero-order chi connectivity index (χ0) is 11.1. The SMILES string of the molecule is Cc1nc2ccccc2n1C1CCCC1O. The van der Waals surface area contributed by atoms with Crippen LogP contribution in [0.5, 0.6) is 0 Å². The second-order valence-corrected chi connectivity index (χ2v) is 4.58. The highest BCUT2D eigenvalue weighted by Gasteiger charge is 2.28. The Morgan fingerprint density at radius 2 is 2.12 bits per heavy atom. The van der Waals surface area contributed by atoms with E-state index in [1.807, 2.05) is 25.1 Å². The van der Waals surface area contributed by atoms with E-state index in [0.29, 0.717) is 0 Å². The molecule has 1 aliphatic carbocycles. The first-order valence-corrected chi connectivity index (χ1v) is 5.89. The van der Waals surface area contributed by atoms with Crippen molar-refractivity contribution < 1.29 is 5.11 Å². The predicted octanol–water partition coefficient (Wildman–Crippen LogP) is 2.43. The highest BCUT2D eigenvalue weighted by molar-refractivity contribution is 5.76. The van der Waals surface area contributed by atoms with Gasteiger partial charge in [-0.05, 0) is 38.3 Å². The zero-order valence-corrected chi connectivity index (χ0v) is 9.43. The van der Waals surface area contributed by atoms with Gasteiger partial charge in [-0.15, -0.1) is 0 Å². The van der Waals surface area contributed by atoms with Crippen molar-refractivity contribution in [3.8, 4) is 0 Å². The number of aliphatic hydroxyl groups excluding tert-OH is 1. The lowest BCUT2D eigenvalue weighted by Crippen LogP contribution is -2.19. The van der Waals surface area contributed by atoms with E-state index in [0.717, 1.165) is 36.1 Å². The predicted molar refractivity (Wildman–Crippen MR) is 63.4 cm³/mol. The number of rotatable bonds is 1. The van der Waals surface area contributed by atoms with Gasteiger partial charge in [0, 0.05) is 0 Å². The summed E-state index contributed by atoms with van der Waals surface area (Å²) in [6.45, 7) is 2.02. The van der Waals surface area contributed by atoms with Gasteiger partial charge in [-0.3, -0.25) is 0 Å². The molecule has 1 fully saturated rings. The molecular weight excluding hydrogens is 200 g/mol. The summed E-state index contributed by atoms with van der Waals surface area (Å²) in [5.41, 5.74) is 2.17. The minimum absolute atomic E-state index is 0.212. The van der Waals surface area contributed by atoms with Gasteiger partial charge in [-0.25, -0.2) is 4.98 Å². The number of fused-ring (bicyclic) bond motifs is 1. The second-order valence-electron chi connectivity index (χ2n) is 4.58. The van der Waals surface area contributed by atoms with Crippen LogP contribution in [0, 0.1) is 6.92 Å². The topological polar surface area (TPSA) is 38.0 Å². The van der Waals surface area contributed by atoms with Gasteiger partial charge in [0.25, 0.3) is 0 Å². The van der Waals surface area contributed by atoms with E-state index in [9.17, 15) is 5.11 Å². The van der Waals surface area contributed by atoms with Gasteiger partial charge in [-0.1, -0.05) is 12.1 Å². The Hall–Kier alpha value is -1.35. The first-order chi connectivity index (χ1) is 7.77. The van der Waals surface area contributed by atoms with Gasteiger partial charge in [0.05, 0.1) is 23.2 Å². The number of benzene rings is 1. The Kier molecular flexibility index (Phi) is 2.21. The lowest BCUT2D eigenvalue weighted by Gasteiger charge is -2.18. The number of para-hydroxylation sites is 2. The highest BCUT2D eigenvalue weighted by Crippen LogP contribution is 2.33. The fourth-order valence-electron chi connectivity index (χ4n) is 2.81. The van der Waals surface area contributed by atoms with Crippen molar-refractivity contribution in [3.05, 3.63) is 30.1 Å². The lowest BCUT2D eigenvalue weighted by molar-refractivity contribution is 0.137. The maximum Gasteiger partial charge on any atom is 0.107 e. The number of aryl methyl sites for hydroxylation is 1. The molecule has 2 atom stereocenters. The minimum Gasteiger partial charge on any atom is -0.391 e. The molecule has 3 nitrogen and oxygen atoms in total. The summed E-state index contributed by atoms with van der Waals surface area (Å²) < 4.78 is 2.20. The molecule has 3 rings (SSSR count). The van der Waals surface area contributed by atoms with Gasteiger partial charge >= 0.3 is 0 Å². The molecule has 3 heteroatoms. The van der Waals surface area contributed by atoms with Crippen molar-refractivity contribution in [1.82, 2.24) is 9.55 Å². The van der Waals surface area contributed by atoms with Gasteiger partial charge in [0.2, 0.25) is 0 Å². The molecule has 0 bridgehead atoms. The third-order valence-electron chi connectivity index (χ3n) is 3.55. The van der Waals surface area contributed by atoms with Crippen LogP contribution in [0.15, 0.2) is 24.3 Å². The smallest absolute Gasteiger partial charge is 0.107 e. The van der Waals surface area contributed by atoms with Crippen molar-refractivity contribution in [2.24, 2.45) is 0 Å². The number of hydrogen-bond donors (Lipinski definition) is 1. The molecule has 1 aliphatic rings. The monoisotopic (exact) mass is 216 g/mol. The normalized spacial score (nSPS) is 25.4. The maximum absolute atomic E-state index is 10.00. The number of hydrogen-bond acceptors (Lipinski definition) is 2. The number of imidazole rings is 1. The molecular formula is C13H16N2O. The highest BCUT2D eigenvalue weighted by atomic mass is 16.3. The van der Waals surface area contributed by atoms with Crippen LogP contribution in [0.3, 0.4) is 0 Å². The summed E-state index contributed by atoms with van der Waals surface area (Å²) >= 11 is 0. The van der Waals surface area contributed by atoms with Crippen LogP contribution in [-0.2, 0) is 0 Å². The van der Waals surface area contributed by atoms with E-state index < -0.39 is 0 Å². The average molecular weight is 216 g/mol. The molecule has 2 unspecified atom stereocenters. The van der Waals surface area contributed by atoms with Gasteiger partial charge in [0.15, 0.2) is 0 Å². The molecule has 0 amide bonds. The molecule has 1 saturated carbocycles. The molecule has 16 heavy (non-hydrogen) atoms. The summed E-state index contributed by atoms with van der Waals surface area (Å²) in [7, 11) is 0. The van der Waals surface area contributed by atoms with Crippen LogP contribution in [0.25, 0.3) is 11.0 Å². The molecule has 0 spiro atoms. The van der Waals surface area contributed by atoms with E-state index in [2.05, 4.69) is 15.6 Å². The number of aliphatic hydroxyl groups is 1. The molecule has 2 aromatic rings. The van der Waals surface area contributed by atoms with E-state index in [1.54, 1.807) is 0 Å². The minimum atomic E-state index is -0.212. The summed E-state index contributed by atoms with van der Waals surface area (Å²) in [5, 5.41) is 10.00. The van der Waals surface area contributed by atoms with Crippen molar-refractivity contribution >= 4 is 11.0 Å². The van der Waals surface area contributed by atoms with Crippen LogP contribution < -0.4 is 0 Å². The van der Waals surface area contributed by atoms with Crippen molar-refractivity contribution in [2.75, 3.05) is 0 Å².